The molecule has 17 heavy (non-hydrogen) atoms. The number of carboxylic acid groups (broad SMARTS) is 1. The van der Waals surface area contributed by atoms with Gasteiger partial charge in [0.05, 0.1) is 0 Å². The number of ether oxygens (including phenoxy) is 1. The quantitative estimate of drug-likeness (QED) is 0.792. The number of carboxylic acids is 1. The van der Waals surface area contributed by atoms with Crippen molar-refractivity contribution in [2.75, 3.05) is 13.7 Å². The molecule has 1 atom stereocenters. The smallest absolute Gasteiger partial charge is 0.333 e. The average molecular weight is 237 g/mol. The van der Waals surface area contributed by atoms with Crippen molar-refractivity contribution in [3.8, 4) is 0 Å². The van der Waals surface area contributed by atoms with Gasteiger partial charge in [0.2, 0.25) is 5.91 Å². The van der Waals surface area contributed by atoms with Gasteiger partial charge in [-0.2, -0.15) is 0 Å². The van der Waals surface area contributed by atoms with Crippen LogP contribution in [-0.2, 0) is 19.9 Å². The Hall–Kier alpha value is -1.88. The van der Waals surface area contributed by atoms with Crippen molar-refractivity contribution < 1.29 is 19.4 Å². The lowest BCUT2D eigenvalue weighted by Gasteiger charge is -2.26. The van der Waals surface area contributed by atoms with E-state index >= 15 is 0 Å². The summed E-state index contributed by atoms with van der Waals surface area (Å²) in [6.07, 6.45) is 0. The Morgan fingerprint density at radius 1 is 1.35 bits per heavy atom. The van der Waals surface area contributed by atoms with Crippen molar-refractivity contribution in [2.45, 2.75) is 12.5 Å². The van der Waals surface area contributed by atoms with Gasteiger partial charge in [-0.3, -0.25) is 4.79 Å². The molecular weight excluding hydrogens is 222 g/mol. The van der Waals surface area contributed by atoms with Gasteiger partial charge in [-0.1, -0.05) is 30.3 Å². The molecule has 1 unspecified atom stereocenters. The molecule has 1 rings (SSSR count). The SMILES string of the molecule is COCC(=O)NC(C)(C(=O)O)c1ccccc1. The van der Waals surface area contributed by atoms with Crippen LogP contribution in [0.15, 0.2) is 30.3 Å². The Labute approximate surface area is 99.4 Å². The van der Waals surface area contributed by atoms with Crippen molar-refractivity contribution in [1.29, 1.82) is 0 Å². The van der Waals surface area contributed by atoms with Crippen LogP contribution in [0, 0.1) is 0 Å². The van der Waals surface area contributed by atoms with Crippen LogP contribution in [0.25, 0.3) is 0 Å². The fraction of sp³-hybridized carbons (Fsp3) is 0.333. The molecule has 0 radical (unpaired) electrons. The van der Waals surface area contributed by atoms with Crippen LogP contribution in [0.3, 0.4) is 0 Å². The van der Waals surface area contributed by atoms with Crippen molar-refractivity contribution >= 4 is 11.9 Å². The highest BCUT2D eigenvalue weighted by molar-refractivity contribution is 5.88. The van der Waals surface area contributed by atoms with Gasteiger partial charge in [0, 0.05) is 7.11 Å². The van der Waals surface area contributed by atoms with Crippen LogP contribution in [0.2, 0.25) is 0 Å². The third kappa shape index (κ3) is 3.04. The standard InChI is InChI=1S/C12H15NO4/c1-12(11(15)16,13-10(14)8-17-2)9-6-4-3-5-7-9/h3-7H,8H2,1-2H3,(H,13,14)(H,15,16). The predicted molar refractivity (Wildman–Crippen MR) is 61.4 cm³/mol. The van der Waals surface area contributed by atoms with Gasteiger partial charge in [0.1, 0.15) is 6.61 Å². The summed E-state index contributed by atoms with van der Waals surface area (Å²) in [5, 5.41) is 11.7. The number of carbonyl (C=O) groups is 2. The number of aliphatic carboxylic acids is 1. The molecule has 2 N–H and O–H groups in total. The Morgan fingerprint density at radius 3 is 2.41 bits per heavy atom. The summed E-state index contributed by atoms with van der Waals surface area (Å²) in [6, 6.07) is 8.53. The fourth-order valence-corrected chi connectivity index (χ4v) is 1.47. The van der Waals surface area contributed by atoms with Gasteiger partial charge >= 0.3 is 5.97 Å². The summed E-state index contributed by atoms with van der Waals surface area (Å²) in [6.45, 7) is 1.27. The molecule has 5 heteroatoms. The van der Waals surface area contributed by atoms with E-state index in [0.29, 0.717) is 5.56 Å². The molecule has 0 aliphatic rings. The minimum atomic E-state index is -1.45. The summed E-state index contributed by atoms with van der Waals surface area (Å²) in [4.78, 5) is 22.7. The first kappa shape index (κ1) is 13.2. The summed E-state index contributed by atoms with van der Waals surface area (Å²) < 4.78 is 4.66. The predicted octanol–water partition coefficient (Wildman–Crippen LogP) is 0.749. The van der Waals surface area contributed by atoms with Crippen LogP contribution >= 0.6 is 0 Å². The molecule has 5 nitrogen and oxygen atoms in total. The van der Waals surface area contributed by atoms with E-state index in [0.717, 1.165) is 0 Å². The zero-order chi connectivity index (χ0) is 12.9. The third-order valence-corrected chi connectivity index (χ3v) is 2.44. The van der Waals surface area contributed by atoms with E-state index in [1.807, 2.05) is 0 Å². The molecule has 1 aromatic carbocycles. The Kier molecular flexibility index (Phi) is 4.23. The van der Waals surface area contributed by atoms with Crippen LogP contribution in [0.4, 0.5) is 0 Å². The largest absolute Gasteiger partial charge is 0.479 e. The van der Waals surface area contributed by atoms with E-state index in [4.69, 9.17) is 0 Å². The molecule has 92 valence electrons. The molecule has 1 amide bonds. The molecule has 0 aliphatic heterocycles. The highest BCUT2D eigenvalue weighted by Crippen LogP contribution is 2.20. The summed E-state index contributed by atoms with van der Waals surface area (Å²) in [5.41, 5.74) is -0.936. The molecule has 0 heterocycles. The Balaban J connectivity index is 2.99. The molecule has 1 aromatic rings. The number of methoxy groups -OCH3 is 1. The number of hydrogen-bond acceptors (Lipinski definition) is 3. The molecule has 0 spiro atoms. The maximum Gasteiger partial charge on any atom is 0.333 e. The molecule has 0 fully saturated rings. The third-order valence-electron chi connectivity index (χ3n) is 2.44. The Bertz CT molecular complexity index is 404. The number of amides is 1. The maximum atomic E-state index is 11.4. The van der Waals surface area contributed by atoms with Crippen molar-refractivity contribution in [3.63, 3.8) is 0 Å². The maximum absolute atomic E-state index is 11.4. The second-order valence-electron chi connectivity index (χ2n) is 3.78. The number of rotatable bonds is 5. The van der Waals surface area contributed by atoms with Gasteiger partial charge in [-0.25, -0.2) is 4.79 Å². The topological polar surface area (TPSA) is 75.6 Å². The lowest BCUT2D eigenvalue weighted by molar-refractivity contribution is -0.148. The van der Waals surface area contributed by atoms with Crippen LogP contribution in [0.5, 0.6) is 0 Å². The van der Waals surface area contributed by atoms with Gasteiger partial charge in [0.25, 0.3) is 0 Å². The lowest BCUT2D eigenvalue weighted by atomic mass is 9.92. The molecule has 0 aliphatic carbocycles. The van der Waals surface area contributed by atoms with Crippen molar-refractivity contribution in [3.05, 3.63) is 35.9 Å². The first-order valence-electron chi connectivity index (χ1n) is 5.09. The van der Waals surface area contributed by atoms with E-state index in [1.165, 1.54) is 14.0 Å². The van der Waals surface area contributed by atoms with Crippen molar-refractivity contribution in [1.82, 2.24) is 5.32 Å². The number of hydrogen-bond donors (Lipinski definition) is 2. The Morgan fingerprint density at radius 2 is 1.94 bits per heavy atom. The zero-order valence-electron chi connectivity index (χ0n) is 9.77. The zero-order valence-corrected chi connectivity index (χ0v) is 9.77. The highest BCUT2D eigenvalue weighted by Gasteiger charge is 2.36. The van der Waals surface area contributed by atoms with E-state index in [2.05, 4.69) is 10.1 Å². The second kappa shape index (κ2) is 5.45. The minimum Gasteiger partial charge on any atom is -0.479 e. The van der Waals surface area contributed by atoms with E-state index in [1.54, 1.807) is 30.3 Å². The van der Waals surface area contributed by atoms with Gasteiger partial charge in [0.15, 0.2) is 5.54 Å². The normalized spacial score (nSPS) is 13.8. The summed E-state index contributed by atoms with van der Waals surface area (Å²) in [5.74, 6) is -1.59. The van der Waals surface area contributed by atoms with Crippen LogP contribution < -0.4 is 5.32 Å². The van der Waals surface area contributed by atoms with Gasteiger partial charge in [-0.15, -0.1) is 0 Å². The van der Waals surface area contributed by atoms with Crippen LogP contribution in [-0.4, -0.2) is 30.7 Å². The van der Waals surface area contributed by atoms with Crippen LogP contribution in [0.1, 0.15) is 12.5 Å². The highest BCUT2D eigenvalue weighted by atomic mass is 16.5. The number of carbonyl (C=O) groups excluding carboxylic acids is 1. The first-order valence-corrected chi connectivity index (χ1v) is 5.09. The lowest BCUT2D eigenvalue weighted by Crippen LogP contribution is -2.50. The summed E-state index contributed by atoms with van der Waals surface area (Å²) >= 11 is 0. The molecular formula is C12H15NO4. The molecule has 0 saturated heterocycles. The molecule has 0 saturated carbocycles. The first-order chi connectivity index (χ1) is 8.00. The van der Waals surface area contributed by atoms with E-state index < -0.39 is 17.4 Å². The monoisotopic (exact) mass is 237 g/mol. The molecule has 0 aromatic heterocycles. The molecule has 0 bridgehead atoms. The van der Waals surface area contributed by atoms with Gasteiger partial charge < -0.3 is 15.2 Å². The van der Waals surface area contributed by atoms with E-state index in [9.17, 15) is 14.7 Å². The minimum absolute atomic E-state index is 0.171. The second-order valence-corrected chi connectivity index (χ2v) is 3.78. The number of nitrogens with one attached hydrogen (secondary N) is 1. The van der Waals surface area contributed by atoms with Crippen molar-refractivity contribution in [2.24, 2.45) is 0 Å². The summed E-state index contributed by atoms with van der Waals surface area (Å²) in [7, 11) is 1.38. The number of benzene rings is 1. The fourth-order valence-electron chi connectivity index (χ4n) is 1.47. The van der Waals surface area contributed by atoms with E-state index in [-0.39, 0.29) is 6.61 Å². The average Bonchev–Trinajstić information content (AvgIpc) is 2.30. The van der Waals surface area contributed by atoms with Gasteiger partial charge in [-0.05, 0) is 12.5 Å².